The van der Waals surface area contributed by atoms with Crippen molar-refractivity contribution in [1.82, 2.24) is 8.94 Å². The van der Waals surface area contributed by atoms with Crippen LogP contribution in [0.2, 0.25) is 0 Å². The molecule has 0 bridgehead atoms. The third kappa shape index (κ3) is 2.55. The maximum Gasteiger partial charge on any atom is 0.271 e. The zero-order valence-electron chi connectivity index (χ0n) is 15.7. The van der Waals surface area contributed by atoms with Gasteiger partial charge in [-0.15, -0.1) is 0 Å². The minimum atomic E-state index is -0.559. The van der Waals surface area contributed by atoms with Crippen LogP contribution in [0.25, 0.3) is 21.1 Å². The molecule has 3 heterocycles. The molecule has 5 rings (SSSR count). The molecule has 152 valence electrons. The molecule has 2 aromatic heterocycles. The number of H-pyrrole nitrogens is 1. The molecule has 1 saturated heterocycles. The zero-order chi connectivity index (χ0) is 20.5. The van der Waals surface area contributed by atoms with E-state index in [2.05, 4.69) is 9.53 Å². The minimum absolute atomic E-state index is 0.0909. The number of hydrogen-bond acceptors (Lipinski definition) is 7. The number of halogens is 1. The predicted octanol–water partition coefficient (Wildman–Crippen LogP) is 1.99. The SMILES string of the molecule is CC1(CN)CN(c2cc3c(cc2F)c(=O)c2c(=O)[nH]sc2n3C2CC2)CC1=NO. The molecule has 1 aliphatic heterocycles. The van der Waals surface area contributed by atoms with Crippen LogP contribution in [-0.4, -0.2) is 39.5 Å². The van der Waals surface area contributed by atoms with Crippen molar-refractivity contribution in [2.45, 2.75) is 25.8 Å². The van der Waals surface area contributed by atoms with Crippen LogP contribution in [0, 0.1) is 11.2 Å². The molecular formula is C19H20FN5O3S. The van der Waals surface area contributed by atoms with Crippen molar-refractivity contribution in [1.29, 1.82) is 0 Å². The normalized spacial score (nSPS) is 23.7. The molecule has 1 aliphatic carbocycles. The van der Waals surface area contributed by atoms with E-state index in [1.165, 1.54) is 6.07 Å². The maximum atomic E-state index is 15.1. The first-order valence-electron chi connectivity index (χ1n) is 9.43. The Kier molecular flexibility index (Phi) is 3.88. The zero-order valence-corrected chi connectivity index (χ0v) is 16.6. The number of pyridine rings is 1. The Balaban J connectivity index is 1.77. The van der Waals surface area contributed by atoms with E-state index in [0.29, 0.717) is 28.3 Å². The molecule has 2 fully saturated rings. The van der Waals surface area contributed by atoms with Crippen molar-refractivity contribution >= 4 is 44.1 Å². The van der Waals surface area contributed by atoms with Gasteiger partial charge < -0.3 is 20.4 Å². The molecule has 1 aromatic carbocycles. The van der Waals surface area contributed by atoms with Gasteiger partial charge in [0.1, 0.15) is 16.0 Å². The van der Waals surface area contributed by atoms with E-state index >= 15 is 4.39 Å². The quantitative estimate of drug-likeness (QED) is 0.445. The highest BCUT2D eigenvalue weighted by atomic mass is 32.1. The van der Waals surface area contributed by atoms with Crippen LogP contribution < -0.4 is 21.6 Å². The van der Waals surface area contributed by atoms with Crippen molar-refractivity contribution in [3.8, 4) is 0 Å². The van der Waals surface area contributed by atoms with Gasteiger partial charge in [0.2, 0.25) is 5.43 Å². The summed E-state index contributed by atoms with van der Waals surface area (Å²) >= 11 is 1.14. The average molecular weight is 417 g/mol. The van der Waals surface area contributed by atoms with Gasteiger partial charge in [0, 0.05) is 29.9 Å². The molecule has 1 unspecified atom stereocenters. The summed E-state index contributed by atoms with van der Waals surface area (Å²) in [6, 6.07) is 3.08. The number of nitrogens with zero attached hydrogens (tertiary/aromatic N) is 3. The number of aromatic amines is 1. The van der Waals surface area contributed by atoms with Gasteiger partial charge in [-0.05, 0) is 36.5 Å². The number of anilines is 1. The Labute approximate surface area is 168 Å². The van der Waals surface area contributed by atoms with Crippen LogP contribution in [0.5, 0.6) is 0 Å². The molecule has 4 N–H and O–H groups in total. The lowest BCUT2D eigenvalue weighted by atomic mass is 9.88. The van der Waals surface area contributed by atoms with Gasteiger partial charge in [-0.3, -0.25) is 14.0 Å². The number of rotatable bonds is 3. The van der Waals surface area contributed by atoms with Crippen molar-refractivity contribution in [2.24, 2.45) is 16.3 Å². The second-order valence-corrected chi connectivity index (χ2v) is 8.93. The summed E-state index contributed by atoms with van der Waals surface area (Å²) in [7, 11) is 0. The molecule has 0 radical (unpaired) electrons. The third-order valence-corrected chi connectivity index (χ3v) is 6.98. The Morgan fingerprint density at radius 2 is 2.17 bits per heavy atom. The highest BCUT2D eigenvalue weighted by Gasteiger charge is 2.40. The van der Waals surface area contributed by atoms with Crippen molar-refractivity contribution in [2.75, 3.05) is 24.5 Å². The maximum absolute atomic E-state index is 15.1. The summed E-state index contributed by atoms with van der Waals surface area (Å²) in [5.74, 6) is -0.554. The van der Waals surface area contributed by atoms with Crippen molar-refractivity contribution in [3.05, 3.63) is 38.5 Å². The summed E-state index contributed by atoms with van der Waals surface area (Å²) < 4.78 is 19.7. The molecule has 2 aliphatic rings. The van der Waals surface area contributed by atoms with E-state index in [0.717, 1.165) is 24.4 Å². The van der Waals surface area contributed by atoms with E-state index in [-0.39, 0.29) is 29.9 Å². The first-order valence-corrected chi connectivity index (χ1v) is 10.2. The molecule has 0 spiro atoms. The molecule has 0 amide bonds. The minimum Gasteiger partial charge on any atom is -0.411 e. The number of hydrogen-bond donors (Lipinski definition) is 3. The van der Waals surface area contributed by atoms with E-state index in [1.807, 2.05) is 11.5 Å². The van der Waals surface area contributed by atoms with Crippen molar-refractivity contribution < 1.29 is 9.60 Å². The summed E-state index contributed by atoms with van der Waals surface area (Å²) in [6.45, 7) is 2.80. The Bertz CT molecular complexity index is 1310. The van der Waals surface area contributed by atoms with Gasteiger partial charge in [-0.2, -0.15) is 0 Å². The monoisotopic (exact) mass is 417 g/mol. The number of nitrogens with one attached hydrogen (secondary N) is 1. The lowest BCUT2D eigenvalue weighted by Crippen LogP contribution is -2.35. The van der Waals surface area contributed by atoms with Crippen LogP contribution in [0.3, 0.4) is 0 Å². The number of nitrogens with two attached hydrogens (primary N) is 1. The molecule has 3 aromatic rings. The standard InChI is InChI=1S/C19H20FN5O3S/c1-19(7-21)8-24(6-14(19)22-28)13-5-12-10(4-11(13)20)16(26)15-17(27)23-29-18(15)25(12)9-2-3-9/h4-5,9,28H,2-3,6-8,21H2,1H3,(H,23,27). The summed E-state index contributed by atoms with van der Waals surface area (Å²) in [5, 5.41) is 13.0. The van der Waals surface area contributed by atoms with E-state index in [1.54, 1.807) is 11.0 Å². The second kappa shape index (κ2) is 6.14. The number of fused-ring (bicyclic) bond motifs is 2. The first-order chi connectivity index (χ1) is 13.9. The highest BCUT2D eigenvalue weighted by Crippen LogP contribution is 2.41. The first kappa shape index (κ1) is 18.3. The Morgan fingerprint density at radius 1 is 1.41 bits per heavy atom. The van der Waals surface area contributed by atoms with Crippen LogP contribution >= 0.6 is 11.5 Å². The summed E-state index contributed by atoms with van der Waals surface area (Å²) in [6.07, 6.45) is 1.89. The smallest absolute Gasteiger partial charge is 0.271 e. The molecule has 29 heavy (non-hydrogen) atoms. The molecule has 10 heteroatoms. The van der Waals surface area contributed by atoms with Crippen LogP contribution in [0.15, 0.2) is 26.9 Å². The number of benzene rings is 1. The van der Waals surface area contributed by atoms with Crippen LogP contribution in [-0.2, 0) is 0 Å². The average Bonchev–Trinajstić information content (AvgIpc) is 3.38. The summed E-state index contributed by atoms with van der Waals surface area (Å²) in [5.41, 5.74) is 5.86. The fourth-order valence-electron chi connectivity index (χ4n) is 4.22. The fraction of sp³-hybridized carbons (Fsp3) is 0.421. The van der Waals surface area contributed by atoms with E-state index in [4.69, 9.17) is 5.73 Å². The fourth-order valence-corrected chi connectivity index (χ4v) is 5.15. The second-order valence-electron chi connectivity index (χ2n) is 8.13. The Hall–Kier alpha value is -2.72. The summed E-state index contributed by atoms with van der Waals surface area (Å²) in [4.78, 5) is 27.5. The van der Waals surface area contributed by atoms with Gasteiger partial charge in [-0.25, -0.2) is 4.39 Å². The lowest BCUT2D eigenvalue weighted by Gasteiger charge is -2.24. The van der Waals surface area contributed by atoms with Crippen LogP contribution in [0.4, 0.5) is 10.1 Å². The van der Waals surface area contributed by atoms with Gasteiger partial charge in [0.15, 0.2) is 0 Å². The molecule has 1 saturated carbocycles. The third-order valence-electron chi connectivity index (χ3n) is 6.10. The number of aromatic nitrogens is 2. The molecule has 8 nitrogen and oxygen atoms in total. The highest BCUT2D eigenvalue weighted by molar-refractivity contribution is 7.12. The van der Waals surface area contributed by atoms with Gasteiger partial charge >= 0.3 is 0 Å². The number of oxime groups is 1. The molecule has 1 atom stereocenters. The van der Waals surface area contributed by atoms with E-state index < -0.39 is 22.2 Å². The van der Waals surface area contributed by atoms with Crippen molar-refractivity contribution in [3.63, 3.8) is 0 Å². The largest absolute Gasteiger partial charge is 0.411 e. The van der Waals surface area contributed by atoms with Gasteiger partial charge in [-0.1, -0.05) is 12.1 Å². The van der Waals surface area contributed by atoms with E-state index in [9.17, 15) is 14.8 Å². The lowest BCUT2D eigenvalue weighted by molar-refractivity contribution is 0.310. The van der Waals surface area contributed by atoms with Crippen LogP contribution in [0.1, 0.15) is 25.8 Å². The molecular weight excluding hydrogens is 397 g/mol. The van der Waals surface area contributed by atoms with Gasteiger partial charge in [0.25, 0.3) is 5.56 Å². The topological polar surface area (TPSA) is 117 Å². The predicted molar refractivity (Wildman–Crippen MR) is 111 cm³/mol. The Morgan fingerprint density at radius 3 is 2.79 bits per heavy atom. The van der Waals surface area contributed by atoms with Gasteiger partial charge in [0.05, 0.1) is 23.5 Å².